The molecule has 17 heavy (non-hydrogen) atoms. The van der Waals surface area contributed by atoms with Crippen molar-refractivity contribution in [3.05, 3.63) is 0 Å². The van der Waals surface area contributed by atoms with Gasteiger partial charge in [-0.15, -0.1) is 0 Å². The summed E-state index contributed by atoms with van der Waals surface area (Å²) < 4.78 is 5.71. The van der Waals surface area contributed by atoms with Crippen LogP contribution >= 0.6 is 0 Å². The smallest absolute Gasteiger partial charge is 0.114 e. The Morgan fingerprint density at radius 1 is 1.35 bits per heavy atom. The number of nitrogens with zero attached hydrogens (tertiary/aromatic N) is 3. The average Bonchev–Trinajstić information content (AvgIpc) is 2.39. The van der Waals surface area contributed by atoms with E-state index in [0.29, 0.717) is 0 Å². The van der Waals surface area contributed by atoms with Crippen LogP contribution in [0, 0.1) is 11.3 Å². The monoisotopic (exact) mass is 237 g/mol. The lowest BCUT2D eigenvalue weighted by molar-refractivity contribution is -0.0622. The Morgan fingerprint density at radius 2 is 2.06 bits per heavy atom. The first-order chi connectivity index (χ1) is 8.20. The number of nitriles is 1. The molecule has 0 radical (unpaired) electrons. The van der Waals surface area contributed by atoms with Crippen molar-refractivity contribution in [1.82, 2.24) is 9.80 Å². The van der Waals surface area contributed by atoms with Crippen molar-refractivity contribution in [1.29, 1.82) is 5.26 Å². The lowest BCUT2D eigenvalue weighted by Gasteiger charge is -2.46. The molecular weight excluding hydrogens is 214 g/mol. The van der Waals surface area contributed by atoms with Crippen molar-refractivity contribution in [3.8, 4) is 6.07 Å². The summed E-state index contributed by atoms with van der Waals surface area (Å²) in [5.74, 6) is 0. The molecule has 2 aliphatic heterocycles. The topological polar surface area (TPSA) is 39.5 Å². The lowest BCUT2D eigenvalue weighted by Crippen LogP contribution is -2.59. The van der Waals surface area contributed by atoms with Gasteiger partial charge in [0.1, 0.15) is 5.54 Å². The van der Waals surface area contributed by atoms with E-state index in [0.717, 1.165) is 52.0 Å². The molecule has 2 rings (SSSR count). The van der Waals surface area contributed by atoms with Crippen LogP contribution in [0.2, 0.25) is 0 Å². The van der Waals surface area contributed by atoms with Gasteiger partial charge in [-0.2, -0.15) is 5.26 Å². The molecule has 2 saturated heterocycles. The number of hydrogen-bond acceptors (Lipinski definition) is 4. The Balaban J connectivity index is 2.06. The molecule has 2 heterocycles. The van der Waals surface area contributed by atoms with E-state index in [1.807, 2.05) is 0 Å². The van der Waals surface area contributed by atoms with Crippen LogP contribution in [0.1, 0.15) is 26.2 Å². The van der Waals surface area contributed by atoms with Crippen molar-refractivity contribution in [2.45, 2.75) is 37.8 Å². The molecule has 2 unspecified atom stereocenters. The standard InChI is InChI=1S/C13H23N3O/c1-3-12-10-13(11-14,4-9-17-12)16-7-5-15(2)6-8-16/h12H,3-10H2,1-2H3. The fourth-order valence-electron chi connectivity index (χ4n) is 2.89. The Kier molecular flexibility index (Phi) is 4.03. The van der Waals surface area contributed by atoms with Crippen LogP contribution in [0.5, 0.6) is 0 Å². The molecule has 0 N–H and O–H groups in total. The van der Waals surface area contributed by atoms with Crippen LogP contribution in [-0.4, -0.2) is 61.3 Å². The molecule has 2 aliphatic rings. The summed E-state index contributed by atoms with van der Waals surface area (Å²) in [7, 11) is 2.15. The van der Waals surface area contributed by atoms with E-state index in [2.05, 4.69) is 29.8 Å². The van der Waals surface area contributed by atoms with Crippen LogP contribution in [0.4, 0.5) is 0 Å². The minimum Gasteiger partial charge on any atom is -0.378 e. The molecule has 2 atom stereocenters. The second kappa shape index (κ2) is 5.34. The molecule has 0 aromatic rings. The van der Waals surface area contributed by atoms with Gasteiger partial charge in [0.25, 0.3) is 0 Å². The summed E-state index contributed by atoms with van der Waals surface area (Å²) in [6.45, 7) is 7.05. The third-order valence-electron chi connectivity index (χ3n) is 4.21. The van der Waals surface area contributed by atoms with Crippen molar-refractivity contribution >= 4 is 0 Å². The fourth-order valence-corrected chi connectivity index (χ4v) is 2.89. The second-order valence-electron chi connectivity index (χ2n) is 5.29. The van der Waals surface area contributed by atoms with Gasteiger partial charge in [0, 0.05) is 45.6 Å². The van der Waals surface area contributed by atoms with E-state index in [1.165, 1.54) is 0 Å². The predicted molar refractivity (Wildman–Crippen MR) is 66.7 cm³/mol. The summed E-state index contributed by atoms with van der Waals surface area (Å²) in [5, 5.41) is 9.61. The highest BCUT2D eigenvalue weighted by molar-refractivity contribution is 5.11. The Labute approximate surface area is 104 Å². The zero-order chi connectivity index (χ0) is 12.3. The zero-order valence-corrected chi connectivity index (χ0v) is 11.0. The lowest BCUT2D eigenvalue weighted by atomic mass is 9.85. The van der Waals surface area contributed by atoms with Gasteiger partial charge in [0.05, 0.1) is 12.2 Å². The zero-order valence-electron chi connectivity index (χ0n) is 11.0. The van der Waals surface area contributed by atoms with Gasteiger partial charge in [-0.3, -0.25) is 4.90 Å². The molecule has 4 heteroatoms. The fraction of sp³-hybridized carbons (Fsp3) is 0.923. The van der Waals surface area contributed by atoms with Gasteiger partial charge in [-0.1, -0.05) is 6.92 Å². The molecule has 0 amide bonds. The highest BCUT2D eigenvalue weighted by Crippen LogP contribution is 2.32. The van der Waals surface area contributed by atoms with Crippen molar-refractivity contribution in [2.75, 3.05) is 39.8 Å². The summed E-state index contributed by atoms with van der Waals surface area (Å²) >= 11 is 0. The number of rotatable bonds is 2. The molecule has 96 valence electrons. The number of ether oxygens (including phenoxy) is 1. The molecule has 0 aromatic carbocycles. The maximum absolute atomic E-state index is 9.61. The van der Waals surface area contributed by atoms with E-state index in [1.54, 1.807) is 0 Å². The van der Waals surface area contributed by atoms with Crippen LogP contribution in [0.15, 0.2) is 0 Å². The molecule has 0 saturated carbocycles. The summed E-state index contributed by atoms with van der Waals surface area (Å²) in [4.78, 5) is 4.72. The normalized spacial score (nSPS) is 36.6. The van der Waals surface area contributed by atoms with Crippen molar-refractivity contribution in [3.63, 3.8) is 0 Å². The summed E-state index contributed by atoms with van der Waals surface area (Å²) in [6, 6.07) is 2.59. The van der Waals surface area contributed by atoms with Crippen LogP contribution in [0.25, 0.3) is 0 Å². The molecule has 4 nitrogen and oxygen atoms in total. The highest BCUT2D eigenvalue weighted by Gasteiger charge is 2.42. The van der Waals surface area contributed by atoms with E-state index < -0.39 is 0 Å². The largest absolute Gasteiger partial charge is 0.378 e. The minimum atomic E-state index is -0.264. The van der Waals surface area contributed by atoms with Gasteiger partial charge in [-0.25, -0.2) is 0 Å². The Hall–Kier alpha value is -0.630. The van der Waals surface area contributed by atoms with Crippen molar-refractivity contribution < 1.29 is 4.74 Å². The Morgan fingerprint density at radius 3 is 2.65 bits per heavy atom. The maximum Gasteiger partial charge on any atom is 0.114 e. The first kappa shape index (κ1) is 12.8. The third-order valence-corrected chi connectivity index (χ3v) is 4.21. The van der Waals surface area contributed by atoms with E-state index in [9.17, 15) is 5.26 Å². The van der Waals surface area contributed by atoms with Gasteiger partial charge < -0.3 is 9.64 Å². The number of hydrogen-bond donors (Lipinski definition) is 0. The number of likely N-dealkylation sites (N-methyl/N-ethyl adjacent to an activating group) is 1. The maximum atomic E-state index is 9.61. The van der Waals surface area contributed by atoms with Crippen LogP contribution < -0.4 is 0 Å². The Bertz CT molecular complexity index is 294. The van der Waals surface area contributed by atoms with Gasteiger partial charge in [-0.05, 0) is 13.5 Å². The van der Waals surface area contributed by atoms with Gasteiger partial charge in [0.15, 0.2) is 0 Å². The van der Waals surface area contributed by atoms with E-state index in [4.69, 9.17) is 4.74 Å². The quantitative estimate of drug-likeness (QED) is 0.720. The third kappa shape index (κ3) is 2.62. The first-order valence-corrected chi connectivity index (χ1v) is 6.66. The van der Waals surface area contributed by atoms with Crippen molar-refractivity contribution in [2.24, 2.45) is 0 Å². The van der Waals surface area contributed by atoms with Gasteiger partial charge >= 0.3 is 0 Å². The molecule has 0 bridgehead atoms. The molecule has 0 aliphatic carbocycles. The highest BCUT2D eigenvalue weighted by atomic mass is 16.5. The van der Waals surface area contributed by atoms with E-state index >= 15 is 0 Å². The summed E-state index contributed by atoms with van der Waals surface area (Å²) in [5.41, 5.74) is -0.264. The molecule has 0 aromatic heterocycles. The predicted octanol–water partition coefficient (Wildman–Crippen LogP) is 1.09. The number of piperazine rings is 1. The SMILES string of the molecule is CCC1CC(C#N)(N2CCN(C)CC2)CCO1. The summed E-state index contributed by atoms with van der Waals surface area (Å²) in [6.07, 6.45) is 3.02. The van der Waals surface area contributed by atoms with Crippen LogP contribution in [0.3, 0.4) is 0 Å². The van der Waals surface area contributed by atoms with E-state index in [-0.39, 0.29) is 11.6 Å². The average molecular weight is 237 g/mol. The molecular formula is C13H23N3O. The first-order valence-electron chi connectivity index (χ1n) is 6.66. The van der Waals surface area contributed by atoms with Crippen LogP contribution in [-0.2, 0) is 4.74 Å². The second-order valence-corrected chi connectivity index (χ2v) is 5.29. The minimum absolute atomic E-state index is 0.264. The molecule has 2 fully saturated rings. The molecule has 0 spiro atoms. The van der Waals surface area contributed by atoms with Gasteiger partial charge in [0.2, 0.25) is 0 Å².